The third-order valence-electron chi connectivity index (χ3n) is 3.12. The first-order valence-corrected chi connectivity index (χ1v) is 7.24. The highest BCUT2D eigenvalue weighted by Gasteiger charge is 2.11. The van der Waals surface area contributed by atoms with Crippen molar-refractivity contribution in [2.24, 2.45) is 0 Å². The highest BCUT2D eigenvalue weighted by atomic mass is 35.5. The largest absolute Gasteiger partial charge is 0.497 e. The van der Waals surface area contributed by atoms with Gasteiger partial charge in [-0.3, -0.25) is 4.79 Å². The molecule has 0 aliphatic rings. The zero-order chi connectivity index (χ0) is 16.8. The maximum atomic E-state index is 11.9. The van der Waals surface area contributed by atoms with Gasteiger partial charge in [0, 0.05) is 10.7 Å². The van der Waals surface area contributed by atoms with Crippen LogP contribution in [-0.4, -0.2) is 25.6 Å². The third-order valence-corrected chi connectivity index (χ3v) is 3.36. The van der Waals surface area contributed by atoms with E-state index in [1.54, 1.807) is 42.5 Å². The number of halogens is 1. The van der Waals surface area contributed by atoms with Gasteiger partial charge in [-0.25, -0.2) is 4.79 Å². The SMILES string of the molecule is COc1ccc(C(=O)OCC(=O)Nc2ccc(Cl)cc2C)cc1. The molecule has 0 fully saturated rings. The molecule has 6 heteroatoms. The van der Waals surface area contributed by atoms with Crippen LogP contribution in [0.3, 0.4) is 0 Å². The standard InChI is InChI=1S/C17H16ClNO4/c1-11-9-13(18)5-8-15(11)19-16(20)10-23-17(21)12-3-6-14(22-2)7-4-12/h3-9H,10H2,1-2H3,(H,19,20). The van der Waals surface area contributed by atoms with Crippen LogP contribution >= 0.6 is 11.6 Å². The van der Waals surface area contributed by atoms with Crippen LogP contribution in [0.1, 0.15) is 15.9 Å². The van der Waals surface area contributed by atoms with Gasteiger partial charge in [-0.2, -0.15) is 0 Å². The number of hydrogen-bond acceptors (Lipinski definition) is 4. The average Bonchev–Trinajstić information content (AvgIpc) is 2.55. The van der Waals surface area contributed by atoms with Crippen LogP contribution in [0.2, 0.25) is 5.02 Å². The fraction of sp³-hybridized carbons (Fsp3) is 0.176. The van der Waals surface area contributed by atoms with E-state index in [4.69, 9.17) is 21.1 Å². The summed E-state index contributed by atoms with van der Waals surface area (Å²) in [6.07, 6.45) is 0. The van der Waals surface area contributed by atoms with Crippen LogP contribution in [0, 0.1) is 6.92 Å². The molecule has 0 radical (unpaired) electrons. The fourth-order valence-electron chi connectivity index (χ4n) is 1.90. The molecule has 2 aromatic rings. The van der Waals surface area contributed by atoms with Gasteiger partial charge < -0.3 is 14.8 Å². The topological polar surface area (TPSA) is 64.6 Å². The molecule has 1 N–H and O–H groups in total. The number of methoxy groups -OCH3 is 1. The van der Waals surface area contributed by atoms with Crippen molar-refractivity contribution in [2.45, 2.75) is 6.92 Å². The molecule has 0 aromatic heterocycles. The lowest BCUT2D eigenvalue weighted by Gasteiger charge is -2.09. The van der Waals surface area contributed by atoms with E-state index < -0.39 is 11.9 Å². The Morgan fingerprint density at radius 1 is 1.13 bits per heavy atom. The summed E-state index contributed by atoms with van der Waals surface area (Å²) < 4.78 is 9.99. The van der Waals surface area contributed by atoms with E-state index in [0.29, 0.717) is 22.0 Å². The number of rotatable bonds is 5. The van der Waals surface area contributed by atoms with Crippen molar-refractivity contribution in [3.8, 4) is 5.75 Å². The van der Waals surface area contributed by atoms with Crippen molar-refractivity contribution in [1.29, 1.82) is 0 Å². The zero-order valence-corrected chi connectivity index (χ0v) is 13.5. The molecule has 0 spiro atoms. The fourth-order valence-corrected chi connectivity index (χ4v) is 2.12. The second kappa shape index (κ2) is 7.65. The Balaban J connectivity index is 1.89. The molecule has 0 saturated heterocycles. The monoisotopic (exact) mass is 333 g/mol. The molecule has 0 bridgehead atoms. The maximum Gasteiger partial charge on any atom is 0.338 e. The summed E-state index contributed by atoms with van der Waals surface area (Å²) in [5, 5.41) is 3.26. The number of anilines is 1. The molecule has 120 valence electrons. The molecule has 0 aliphatic carbocycles. The molecule has 0 atom stereocenters. The highest BCUT2D eigenvalue weighted by Crippen LogP contribution is 2.19. The number of hydrogen-bond donors (Lipinski definition) is 1. The molecule has 2 aromatic carbocycles. The van der Waals surface area contributed by atoms with E-state index in [1.807, 2.05) is 6.92 Å². The highest BCUT2D eigenvalue weighted by molar-refractivity contribution is 6.30. The van der Waals surface area contributed by atoms with Crippen LogP contribution in [0.15, 0.2) is 42.5 Å². The Labute approximate surface area is 139 Å². The molecule has 0 aliphatic heterocycles. The van der Waals surface area contributed by atoms with E-state index in [0.717, 1.165) is 5.56 Å². The van der Waals surface area contributed by atoms with Crippen LogP contribution in [0.25, 0.3) is 0 Å². The number of carbonyl (C=O) groups is 2. The van der Waals surface area contributed by atoms with Gasteiger partial charge in [0.2, 0.25) is 0 Å². The van der Waals surface area contributed by atoms with E-state index in [-0.39, 0.29) is 6.61 Å². The summed E-state index contributed by atoms with van der Waals surface area (Å²) in [5.41, 5.74) is 1.80. The lowest BCUT2D eigenvalue weighted by Crippen LogP contribution is -2.21. The van der Waals surface area contributed by atoms with Crippen LogP contribution in [0.5, 0.6) is 5.75 Å². The summed E-state index contributed by atoms with van der Waals surface area (Å²) in [4.78, 5) is 23.7. The van der Waals surface area contributed by atoms with E-state index in [9.17, 15) is 9.59 Å². The summed E-state index contributed by atoms with van der Waals surface area (Å²) in [6.45, 7) is 1.46. The quantitative estimate of drug-likeness (QED) is 0.851. The van der Waals surface area contributed by atoms with Gasteiger partial charge in [0.1, 0.15) is 5.75 Å². The van der Waals surface area contributed by atoms with Crippen molar-refractivity contribution in [3.63, 3.8) is 0 Å². The van der Waals surface area contributed by atoms with Crippen molar-refractivity contribution in [1.82, 2.24) is 0 Å². The average molecular weight is 334 g/mol. The minimum atomic E-state index is -0.573. The van der Waals surface area contributed by atoms with Crippen LogP contribution < -0.4 is 10.1 Å². The van der Waals surface area contributed by atoms with Gasteiger partial charge in [0.05, 0.1) is 12.7 Å². The summed E-state index contributed by atoms with van der Waals surface area (Å²) in [5.74, 6) is -0.356. The molecule has 0 saturated carbocycles. The Kier molecular flexibility index (Phi) is 5.60. The predicted molar refractivity (Wildman–Crippen MR) is 88.1 cm³/mol. The second-order valence-electron chi connectivity index (χ2n) is 4.81. The van der Waals surface area contributed by atoms with E-state index in [1.165, 1.54) is 7.11 Å². The Morgan fingerprint density at radius 2 is 1.83 bits per heavy atom. The zero-order valence-electron chi connectivity index (χ0n) is 12.8. The summed E-state index contributed by atoms with van der Waals surface area (Å²) >= 11 is 5.85. The number of esters is 1. The molecule has 0 unspecified atom stereocenters. The molecule has 5 nitrogen and oxygen atoms in total. The molecule has 23 heavy (non-hydrogen) atoms. The lowest BCUT2D eigenvalue weighted by atomic mass is 10.2. The minimum Gasteiger partial charge on any atom is -0.497 e. The normalized spacial score (nSPS) is 10.0. The number of ether oxygens (including phenoxy) is 2. The van der Waals surface area contributed by atoms with Crippen LogP contribution in [-0.2, 0) is 9.53 Å². The van der Waals surface area contributed by atoms with E-state index in [2.05, 4.69) is 5.32 Å². The first kappa shape index (κ1) is 16.8. The van der Waals surface area contributed by atoms with Crippen molar-refractivity contribution >= 4 is 29.2 Å². The molecule has 2 rings (SSSR count). The van der Waals surface area contributed by atoms with Crippen molar-refractivity contribution in [2.75, 3.05) is 19.0 Å². The smallest absolute Gasteiger partial charge is 0.338 e. The second-order valence-corrected chi connectivity index (χ2v) is 5.25. The Morgan fingerprint density at radius 3 is 2.43 bits per heavy atom. The number of nitrogens with one attached hydrogen (secondary N) is 1. The van der Waals surface area contributed by atoms with Crippen molar-refractivity contribution < 1.29 is 19.1 Å². The van der Waals surface area contributed by atoms with Crippen molar-refractivity contribution in [3.05, 3.63) is 58.6 Å². The Bertz CT molecular complexity index is 713. The Hall–Kier alpha value is -2.53. The van der Waals surface area contributed by atoms with Gasteiger partial charge in [-0.15, -0.1) is 0 Å². The lowest BCUT2D eigenvalue weighted by molar-refractivity contribution is -0.119. The summed E-state index contributed by atoms with van der Waals surface area (Å²) in [7, 11) is 1.54. The predicted octanol–water partition coefficient (Wildman–Crippen LogP) is 3.45. The molecular formula is C17H16ClNO4. The van der Waals surface area contributed by atoms with Gasteiger partial charge in [0.15, 0.2) is 6.61 Å². The van der Waals surface area contributed by atoms with Gasteiger partial charge in [-0.05, 0) is 55.0 Å². The molecule has 0 heterocycles. The number of benzene rings is 2. The number of carbonyl (C=O) groups excluding carboxylic acids is 2. The van der Waals surface area contributed by atoms with Gasteiger partial charge in [-0.1, -0.05) is 11.6 Å². The minimum absolute atomic E-state index is 0.348. The van der Waals surface area contributed by atoms with Crippen LogP contribution in [0.4, 0.5) is 5.69 Å². The summed E-state index contributed by atoms with van der Waals surface area (Å²) in [6, 6.07) is 11.5. The van der Waals surface area contributed by atoms with Gasteiger partial charge in [0.25, 0.3) is 5.91 Å². The molecule has 1 amide bonds. The molecular weight excluding hydrogens is 318 g/mol. The van der Waals surface area contributed by atoms with E-state index >= 15 is 0 Å². The first-order chi connectivity index (χ1) is 11.0. The van der Waals surface area contributed by atoms with Gasteiger partial charge >= 0.3 is 5.97 Å². The number of amides is 1. The third kappa shape index (κ3) is 4.72. The number of aryl methyl sites for hydroxylation is 1. The first-order valence-electron chi connectivity index (χ1n) is 6.87. The maximum absolute atomic E-state index is 11.9.